The van der Waals surface area contributed by atoms with Crippen LogP contribution >= 0.6 is 0 Å². The molecular weight excluding hydrogens is 260 g/mol. The predicted octanol–water partition coefficient (Wildman–Crippen LogP) is 3.13. The molecule has 0 radical (unpaired) electrons. The lowest BCUT2D eigenvalue weighted by atomic mass is 9.97. The lowest BCUT2D eigenvalue weighted by Crippen LogP contribution is -2.01. The number of H-pyrrole nitrogens is 1. The van der Waals surface area contributed by atoms with Crippen LogP contribution < -0.4 is 0 Å². The predicted molar refractivity (Wildman–Crippen MR) is 82.3 cm³/mol. The second kappa shape index (κ2) is 4.66. The highest BCUT2D eigenvalue weighted by molar-refractivity contribution is 6.15. The van der Waals surface area contributed by atoms with Crippen molar-refractivity contribution in [1.29, 1.82) is 0 Å². The Morgan fingerprint density at radius 3 is 2.57 bits per heavy atom. The second-order valence-corrected chi connectivity index (χ2v) is 5.24. The Balaban J connectivity index is 1.79. The topological polar surface area (TPSA) is 53.9 Å². The molecular formula is C17H14N4. The van der Waals surface area contributed by atoms with Crippen molar-refractivity contribution < 1.29 is 0 Å². The van der Waals surface area contributed by atoms with Crippen molar-refractivity contribution in [2.45, 2.75) is 13.5 Å². The Morgan fingerprint density at radius 1 is 1.00 bits per heavy atom. The van der Waals surface area contributed by atoms with Crippen molar-refractivity contribution >= 4 is 5.71 Å². The average Bonchev–Trinajstić information content (AvgIpc) is 3.17. The average molecular weight is 274 g/mol. The van der Waals surface area contributed by atoms with Gasteiger partial charge in [0.05, 0.1) is 12.3 Å². The number of aromatic amines is 1. The number of hydrogen-bond donors (Lipinski definition) is 1. The number of nitrogens with zero attached hydrogens (tertiary/aromatic N) is 3. The fraction of sp³-hybridized carbons (Fsp3) is 0.118. The normalized spacial score (nSPS) is 13.1. The van der Waals surface area contributed by atoms with E-state index in [1.807, 2.05) is 0 Å². The van der Waals surface area contributed by atoms with Crippen molar-refractivity contribution in [3.8, 4) is 11.4 Å². The smallest absolute Gasteiger partial charge is 0.155 e. The van der Waals surface area contributed by atoms with Crippen LogP contribution in [0.4, 0.5) is 0 Å². The van der Waals surface area contributed by atoms with E-state index in [1.165, 1.54) is 23.0 Å². The second-order valence-electron chi connectivity index (χ2n) is 5.24. The van der Waals surface area contributed by atoms with E-state index in [-0.39, 0.29) is 0 Å². The maximum atomic E-state index is 4.70. The van der Waals surface area contributed by atoms with E-state index < -0.39 is 0 Å². The number of aromatic nitrogens is 3. The highest BCUT2D eigenvalue weighted by Crippen LogP contribution is 2.27. The molecule has 1 aliphatic rings. The minimum absolute atomic E-state index is 0.745. The third-order valence-corrected chi connectivity index (χ3v) is 3.79. The third kappa shape index (κ3) is 2.05. The molecule has 1 N–H and O–H groups in total. The first-order chi connectivity index (χ1) is 10.3. The summed E-state index contributed by atoms with van der Waals surface area (Å²) in [7, 11) is 0. The summed E-state index contributed by atoms with van der Waals surface area (Å²) >= 11 is 0. The third-order valence-electron chi connectivity index (χ3n) is 3.79. The van der Waals surface area contributed by atoms with Gasteiger partial charge in [0.25, 0.3) is 0 Å². The number of rotatable bonds is 2. The quantitative estimate of drug-likeness (QED) is 0.780. The monoisotopic (exact) mass is 274 g/mol. The number of nitrogens with one attached hydrogen (secondary N) is 1. The molecule has 0 bridgehead atoms. The Morgan fingerprint density at radius 2 is 1.81 bits per heavy atom. The number of hydrogen-bond acceptors (Lipinski definition) is 3. The van der Waals surface area contributed by atoms with Crippen molar-refractivity contribution in [1.82, 2.24) is 15.2 Å². The standard InChI is InChI=1S/C17H14N4/c1-11-2-4-12(5-3-11)16-15-8-13(17-19-10-20-21-17)6-7-14(15)9-18-16/h2-8,10H,9H2,1H3,(H,19,20,21). The molecule has 1 aliphatic heterocycles. The maximum absolute atomic E-state index is 4.70. The summed E-state index contributed by atoms with van der Waals surface area (Å²) in [5.74, 6) is 0.785. The summed E-state index contributed by atoms with van der Waals surface area (Å²) in [6, 6.07) is 14.8. The van der Waals surface area contributed by atoms with Crippen LogP contribution in [0.1, 0.15) is 22.3 Å². The van der Waals surface area contributed by atoms with Gasteiger partial charge in [-0.3, -0.25) is 10.1 Å². The van der Waals surface area contributed by atoms with E-state index in [0.29, 0.717) is 0 Å². The SMILES string of the molecule is Cc1ccc(C2=NCc3ccc(-c4ncn[nH]4)cc32)cc1. The lowest BCUT2D eigenvalue weighted by molar-refractivity contribution is 1.09. The highest BCUT2D eigenvalue weighted by Gasteiger charge is 2.18. The first-order valence-electron chi connectivity index (χ1n) is 6.92. The first kappa shape index (κ1) is 12.0. The Bertz CT molecular complexity index is 815. The lowest BCUT2D eigenvalue weighted by Gasteiger charge is -2.06. The molecule has 0 aliphatic carbocycles. The summed E-state index contributed by atoms with van der Waals surface area (Å²) in [6.07, 6.45) is 1.53. The maximum Gasteiger partial charge on any atom is 0.155 e. The zero-order valence-electron chi connectivity index (χ0n) is 11.7. The fourth-order valence-electron chi connectivity index (χ4n) is 2.63. The van der Waals surface area contributed by atoms with Crippen molar-refractivity contribution in [2.24, 2.45) is 4.99 Å². The van der Waals surface area contributed by atoms with Crippen molar-refractivity contribution in [2.75, 3.05) is 0 Å². The van der Waals surface area contributed by atoms with Crippen LogP contribution in [-0.2, 0) is 6.54 Å². The van der Waals surface area contributed by atoms with Gasteiger partial charge in [-0.1, -0.05) is 42.0 Å². The molecule has 21 heavy (non-hydrogen) atoms. The van der Waals surface area contributed by atoms with E-state index >= 15 is 0 Å². The van der Waals surface area contributed by atoms with E-state index in [4.69, 9.17) is 4.99 Å². The molecule has 0 spiro atoms. The molecule has 4 heteroatoms. The molecule has 0 saturated carbocycles. The largest absolute Gasteiger partial charge is 0.279 e. The zero-order valence-corrected chi connectivity index (χ0v) is 11.7. The molecule has 1 aromatic heterocycles. The fourth-order valence-corrected chi connectivity index (χ4v) is 2.63. The number of fused-ring (bicyclic) bond motifs is 1. The van der Waals surface area contributed by atoms with Crippen molar-refractivity contribution in [3.63, 3.8) is 0 Å². The van der Waals surface area contributed by atoms with E-state index in [0.717, 1.165) is 29.2 Å². The molecule has 4 rings (SSSR count). The number of benzene rings is 2. The van der Waals surface area contributed by atoms with Crippen LogP contribution in [0.15, 0.2) is 53.8 Å². The molecule has 0 unspecified atom stereocenters. The minimum Gasteiger partial charge on any atom is -0.279 e. The van der Waals surface area contributed by atoms with Gasteiger partial charge >= 0.3 is 0 Å². The van der Waals surface area contributed by atoms with Gasteiger partial charge in [-0.25, -0.2) is 4.98 Å². The van der Waals surface area contributed by atoms with Crippen LogP contribution in [0, 0.1) is 6.92 Å². The summed E-state index contributed by atoms with van der Waals surface area (Å²) < 4.78 is 0. The van der Waals surface area contributed by atoms with E-state index in [1.54, 1.807) is 0 Å². The summed E-state index contributed by atoms with van der Waals surface area (Å²) in [5, 5.41) is 6.82. The molecule has 0 amide bonds. The molecule has 3 aromatic rings. The zero-order chi connectivity index (χ0) is 14.2. The van der Waals surface area contributed by atoms with Crippen LogP contribution in [0.3, 0.4) is 0 Å². The van der Waals surface area contributed by atoms with Gasteiger partial charge in [-0.05, 0) is 18.6 Å². The Kier molecular flexibility index (Phi) is 2.67. The molecule has 4 nitrogen and oxygen atoms in total. The van der Waals surface area contributed by atoms with Crippen LogP contribution in [0.5, 0.6) is 0 Å². The molecule has 2 aromatic carbocycles. The van der Waals surface area contributed by atoms with Crippen LogP contribution in [0.2, 0.25) is 0 Å². The van der Waals surface area contributed by atoms with Gasteiger partial charge < -0.3 is 0 Å². The summed E-state index contributed by atoms with van der Waals surface area (Å²) in [5.41, 5.74) is 6.96. The van der Waals surface area contributed by atoms with E-state index in [2.05, 4.69) is 64.6 Å². The van der Waals surface area contributed by atoms with E-state index in [9.17, 15) is 0 Å². The molecule has 0 fully saturated rings. The minimum atomic E-state index is 0.745. The van der Waals surface area contributed by atoms with Crippen LogP contribution in [-0.4, -0.2) is 20.9 Å². The van der Waals surface area contributed by atoms with Crippen molar-refractivity contribution in [3.05, 3.63) is 71.0 Å². The number of aryl methyl sites for hydroxylation is 1. The first-order valence-corrected chi connectivity index (χ1v) is 6.92. The highest BCUT2D eigenvalue weighted by atomic mass is 15.2. The van der Waals surface area contributed by atoms with Crippen LogP contribution in [0.25, 0.3) is 11.4 Å². The Labute approximate surface area is 122 Å². The van der Waals surface area contributed by atoms with Gasteiger partial charge in [0.15, 0.2) is 5.82 Å². The van der Waals surface area contributed by atoms with Gasteiger partial charge in [0.2, 0.25) is 0 Å². The summed E-state index contributed by atoms with van der Waals surface area (Å²) in [4.78, 5) is 8.91. The molecule has 0 atom stereocenters. The molecule has 102 valence electrons. The molecule has 0 saturated heterocycles. The Hall–Kier alpha value is -2.75. The summed E-state index contributed by atoms with van der Waals surface area (Å²) in [6.45, 7) is 2.84. The van der Waals surface area contributed by atoms with Gasteiger partial charge in [0, 0.05) is 16.7 Å². The number of aliphatic imine (C=N–C) groups is 1. The van der Waals surface area contributed by atoms with Gasteiger partial charge in [-0.2, -0.15) is 5.10 Å². The molecule has 2 heterocycles. The van der Waals surface area contributed by atoms with Gasteiger partial charge in [0.1, 0.15) is 6.33 Å². The van der Waals surface area contributed by atoms with Gasteiger partial charge in [-0.15, -0.1) is 0 Å².